The molecule has 1 aromatic rings. The molecule has 0 N–H and O–H groups in total. The summed E-state index contributed by atoms with van der Waals surface area (Å²) in [5.74, 6) is -0.649. The lowest BCUT2D eigenvalue weighted by molar-refractivity contribution is 0.0332. The maximum absolute atomic E-state index is 12.4. The molecule has 21 heavy (non-hydrogen) atoms. The number of benzene rings is 1. The van der Waals surface area contributed by atoms with Crippen molar-refractivity contribution in [3.63, 3.8) is 0 Å². The zero-order chi connectivity index (χ0) is 16.0. The normalized spacial score (nSPS) is 17.1. The lowest BCUT2D eigenvalue weighted by Crippen LogP contribution is -2.50. The Kier molecular flexibility index (Phi) is 3.84. The summed E-state index contributed by atoms with van der Waals surface area (Å²) in [4.78, 5) is 25.9. The van der Waals surface area contributed by atoms with Gasteiger partial charge in [0.15, 0.2) is 8.32 Å². The quantitative estimate of drug-likeness (QED) is 0.634. The summed E-state index contributed by atoms with van der Waals surface area (Å²) in [5.41, 5.74) is 0.852. The Balaban J connectivity index is 2.25. The van der Waals surface area contributed by atoms with Crippen LogP contribution in [-0.4, -0.2) is 31.3 Å². The van der Waals surface area contributed by atoms with Crippen molar-refractivity contribution in [2.75, 3.05) is 0 Å². The Morgan fingerprint density at radius 1 is 1.10 bits per heavy atom. The summed E-state index contributed by atoms with van der Waals surface area (Å²) < 4.78 is 6.07. The number of nitrogens with zero attached hydrogens (tertiary/aromatic N) is 1. The van der Waals surface area contributed by atoms with Crippen molar-refractivity contribution in [3.05, 3.63) is 42.3 Å². The average Bonchev–Trinajstić information content (AvgIpc) is 2.60. The van der Waals surface area contributed by atoms with Crippen LogP contribution in [-0.2, 0) is 4.43 Å². The second kappa shape index (κ2) is 5.07. The largest absolute Gasteiger partial charge is 0.397 e. The molecule has 0 spiro atoms. The van der Waals surface area contributed by atoms with E-state index >= 15 is 0 Å². The van der Waals surface area contributed by atoms with E-state index in [1.807, 2.05) is 0 Å². The highest BCUT2D eigenvalue weighted by atomic mass is 28.4. The number of carbonyl (C=O) groups excluding carboxylic acids is 2. The van der Waals surface area contributed by atoms with Crippen molar-refractivity contribution in [1.29, 1.82) is 0 Å². The number of carbonyl (C=O) groups is 2. The van der Waals surface area contributed by atoms with Crippen LogP contribution < -0.4 is 0 Å². The molecule has 1 aliphatic rings. The Bertz CT molecular complexity index is 554. The molecule has 2 amide bonds. The monoisotopic (exact) mass is 304 g/mol. The predicted octanol–water partition coefficient (Wildman–Crippen LogP) is 3.46. The molecule has 4 nitrogen and oxygen atoms in total. The Morgan fingerprint density at radius 2 is 1.52 bits per heavy atom. The van der Waals surface area contributed by atoms with Gasteiger partial charge >= 0.3 is 0 Å². The second-order valence-corrected chi connectivity index (χ2v) is 11.6. The van der Waals surface area contributed by atoms with E-state index in [0.29, 0.717) is 11.1 Å². The van der Waals surface area contributed by atoms with Crippen LogP contribution in [0.4, 0.5) is 0 Å². The van der Waals surface area contributed by atoms with E-state index in [0.717, 1.165) is 4.90 Å². The number of imide groups is 1. The van der Waals surface area contributed by atoms with E-state index in [2.05, 4.69) is 40.8 Å². The van der Waals surface area contributed by atoms with Crippen molar-refractivity contribution in [2.45, 2.75) is 45.1 Å². The van der Waals surface area contributed by atoms with E-state index in [1.54, 1.807) is 24.3 Å². The molecule has 0 saturated carbocycles. The fourth-order valence-electron chi connectivity index (χ4n) is 2.04. The number of rotatable bonds is 3. The molecule has 1 aliphatic heterocycles. The summed E-state index contributed by atoms with van der Waals surface area (Å²) in [6.45, 7) is 14.4. The number of amides is 2. The Hall–Kier alpha value is -1.46. The molecule has 0 saturated heterocycles. The number of fused-ring (bicyclic) bond motifs is 1. The van der Waals surface area contributed by atoms with Crippen LogP contribution in [0, 0.1) is 6.92 Å². The van der Waals surface area contributed by atoms with Crippen molar-refractivity contribution in [1.82, 2.24) is 4.90 Å². The van der Waals surface area contributed by atoms with E-state index in [9.17, 15) is 9.59 Å². The molecule has 113 valence electrons. The molecule has 1 radical (unpaired) electrons. The minimum absolute atomic E-state index is 0.0123. The van der Waals surface area contributed by atoms with Gasteiger partial charge in [0, 0.05) is 0 Å². The molecule has 0 fully saturated rings. The maximum Gasteiger partial charge on any atom is 0.263 e. The Labute approximate surface area is 127 Å². The van der Waals surface area contributed by atoms with Gasteiger partial charge in [0.2, 0.25) is 0 Å². The third kappa shape index (κ3) is 2.67. The molecule has 1 heterocycles. The molecule has 1 aromatic carbocycles. The van der Waals surface area contributed by atoms with Gasteiger partial charge in [-0.05, 0) is 37.2 Å². The zero-order valence-corrected chi connectivity index (χ0v) is 14.3. The minimum atomic E-state index is -2.11. The van der Waals surface area contributed by atoms with Gasteiger partial charge in [0.05, 0.1) is 11.1 Å². The van der Waals surface area contributed by atoms with Gasteiger partial charge in [0.1, 0.15) is 6.23 Å². The van der Waals surface area contributed by atoms with E-state index < -0.39 is 14.5 Å². The smallest absolute Gasteiger partial charge is 0.263 e. The molecule has 0 bridgehead atoms. The summed E-state index contributed by atoms with van der Waals surface area (Å²) in [6.07, 6.45) is -0.793. The predicted molar refractivity (Wildman–Crippen MR) is 84.4 cm³/mol. The number of hydrogen-bond donors (Lipinski definition) is 0. The minimum Gasteiger partial charge on any atom is -0.397 e. The van der Waals surface area contributed by atoms with Gasteiger partial charge in [-0.3, -0.25) is 9.59 Å². The highest BCUT2D eigenvalue weighted by Gasteiger charge is 2.44. The summed E-state index contributed by atoms with van der Waals surface area (Å²) in [7, 11) is -2.11. The maximum atomic E-state index is 12.4. The molecule has 0 aliphatic carbocycles. The third-order valence-electron chi connectivity index (χ3n) is 4.35. The topological polar surface area (TPSA) is 46.6 Å². The fraction of sp³-hybridized carbons (Fsp3) is 0.438. The van der Waals surface area contributed by atoms with Crippen LogP contribution in [0.1, 0.15) is 41.5 Å². The fourth-order valence-corrected chi connectivity index (χ4v) is 3.18. The second-order valence-electron chi connectivity index (χ2n) is 6.86. The van der Waals surface area contributed by atoms with Gasteiger partial charge < -0.3 is 4.43 Å². The summed E-state index contributed by atoms with van der Waals surface area (Å²) in [6, 6.07) is 6.82. The third-order valence-corrected chi connectivity index (χ3v) is 8.82. The first-order valence-electron chi connectivity index (χ1n) is 7.04. The zero-order valence-electron chi connectivity index (χ0n) is 13.3. The van der Waals surface area contributed by atoms with Crippen LogP contribution in [0.15, 0.2) is 24.3 Å². The molecule has 5 heteroatoms. The van der Waals surface area contributed by atoms with Crippen molar-refractivity contribution >= 4 is 20.1 Å². The van der Waals surface area contributed by atoms with Crippen LogP contribution >= 0.6 is 0 Å². The standard InChI is InChI=1S/C16H22NO3Si/c1-11(20-21(5,6)16(2,3)4)17-14(18)12-9-7-8-10-13(12)15(17)19/h7-11H,1H2,2-6H3/t11-/m0/s1. The van der Waals surface area contributed by atoms with Crippen molar-refractivity contribution in [3.8, 4) is 0 Å². The molecular weight excluding hydrogens is 282 g/mol. The molecule has 2 rings (SSSR count). The highest BCUT2D eigenvalue weighted by molar-refractivity contribution is 6.74. The van der Waals surface area contributed by atoms with E-state index in [4.69, 9.17) is 4.43 Å². The SMILES string of the molecule is [CH2][C@H](O[Si](C)(C)C(C)(C)C)N1C(=O)c2ccccc2C1=O. The van der Waals surface area contributed by atoms with E-state index in [-0.39, 0.29) is 16.9 Å². The Morgan fingerprint density at radius 3 is 1.90 bits per heavy atom. The van der Waals surface area contributed by atoms with Crippen LogP contribution in [0.25, 0.3) is 0 Å². The first-order chi connectivity index (χ1) is 9.56. The summed E-state index contributed by atoms with van der Waals surface area (Å²) in [5, 5.41) is -0.0123. The lowest BCUT2D eigenvalue weighted by atomic mass is 10.1. The van der Waals surface area contributed by atoms with Gasteiger partial charge in [-0.15, -0.1) is 0 Å². The van der Waals surface area contributed by atoms with Gasteiger partial charge in [-0.1, -0.05) is 32.9 Å². The van der Waals surface area contributed by atoms with Crippen LogP contribution in [0.3, 0.4) is 0 Å². The van der Waals surface area contributed by atoms with Crippen LogP contribution in [0.5, 0.6) is 0 Å². The molecule has 0 aromatic heterocycles. The molecule has 1 atom stereocenters. The average molecular weight is 304 g/mol. The lowest BCUT2D eigenvalue weighted by Gasteiger charge is -2.40. The van der Waals surface area contributed by atoms with Crippen LogP contribution in [0.2, 0.25) is 18.1 Å². The van der Waals surface area contributed by atoms with Crippen molar-refractivity contribution < 1.29 is 14.0 Å². The molecule has 0 unspecified atom stereocenters. The van der Waals surface area contributed by atoms with Crippen molar-refractivity contribution in [2.24, 2.45) is 0 Å². The number of hydrogen-bond acceptors (Lipinski definition) is 3. The highest BCUT2D eigenvalue weighted by Crippen LogP contribution is 2.38. The van der Waals surface area contributed by atoms with Gasteiger partial charge in [-0.25, -0.2) is 4.90 Å². The van der Waals surface area contributed by atoms with Gasteiger partial charge in [0.25, 0.3) is 11.8 Å². The summed E-state index contributed by atoms with van der Waals surface area (Å²) >= 11 is 0. The first kappa shape index (κ1) is 15.9. The first-order valence-corrected chi connectivity index (χ1v) is 9.95. The van der Waals surface area contributed by atoms with Gasteiger partial charge in [-0.2, -0.15) is 0 Å². The van der Waals surface area contributed by atoms with E-state index in [1.165, 1.54) is 0 Å². The molecular formula is C16H22NO3Si.